The van der Waals surface area contributed by atoms with Gasteiger partial charge in [0.1, 0.15) is 6.04 Å². The number of nitrogens with zero attached hydrogens (tertiary/aromatic N) is 1. The Morgan fingerprint density at radius 2 is 1.81 bits per heavy atom. The fraction of sp³-hybridized carbons (Fsp3) is 0.529. The summed E-state index contributed by atoms with van der Waals surface area (Å²) in [6.45, 7) is 5.69. The first-order chi connectivity index (χ1) is 10.1. The van der Waals surface area contributed by atoms with Crippen LogP contribution in [0.15, 0.2) is 30.3 Å². The number of rotatable bonds is 5. The lowest BCUT2D eigenvalue weighted by Crippen LogP contribution is -2.51. The molecule has 0 spiro atoms. The van der Waals surface area contributed by atoms with E-state index in [0.29, 0.717) is 5.56 Å². The molecule has 114 valence electrons. The van der Waals surface area contributed by atoms with Crippen molar-refractivity contribution in [2.75, 3.05) is 13.1 Å². The molecule has 1 heterocycles. The summed E-state index contributed by atoms with van der Waals surface area (Å²) in [7, 11) is 0. The van der Waals surface area contributed by atoms with Gasteiger partial charge in [-0.3, -0.25) is 9.59 Å². The first-order valence-corrected chi connectivity index (χ1v) is 7.78. The summed E-state index contributed by atoms with van der Waals surface area (Å²) in [6, 6.07) is 8.64. The molecule has 0 saturated carbocycles. The fourth-order valence-electron chi connectivity index (χ4n) is 2.63. The number of benzene rings is 1. The molecular weight excluding hydrogens is 264 g/mol. The molecule has 2 amide bonds. The van der Waals surface area contributed by atoms with Crippen LogP contribution in [-0.4, -0.2) is 35.8 Å². The van der Waals surface area contributed by atoms with E-state index in [-0.39, 0.29) is 17.7 Å². The molecule has 0 unspecified atom stereocenters. The van der Waals surface area contributed by atoms with E-state index in [1.807, 2.05) is 36.9 Å². The van der Waals surface area contributed by atoms with Crippen molar-refractivity contribution >= 4 is 11.8 Å². The van der Waals surface area contributed by atoms with Crippen molar-refractivity contribution in [1.82, 2.24) is 10.2 Å². The molecule has 1 fully saturated rings. The van der Waals surface area contributed by atoms with Gasteiger partial charge < -0.3 is 10.2 Å². The summed E-state index contributed by atoms with van der Waals surface area (Å²) >= 11 is 0. The first-order valence-electron chi connectivity index (χ1n) is 7.78. The smallest absolute Gasteiger partial charge is 0.251 e. The van der Waals surface area contributed by atoms with Crippen LogP contribution in [0.3, 0.4) is 0 Å². The van der Waals surface area contributed by atoms with Gasteiger partial charge in [-0.1, -0.05) is 38.5 Å². The fourth-order valence-corrected chi connectivity index (χ4v) is 2.63. The van der Waals surface area contributed by atoms with Crippen molar-refractivity contribution in [1.29, 1.82) is 0 Å². The van der Waals surface area contributed by atoms with Crippen molar-refractivity contribution in [3.05, 3.63) is 35.9 Å². The average molecular weight is 288 g/mol. The SMILES string of the molecule is CC[C@@H](C)[C@@H](NC(=O)c1ccccc1)C(=O)N1CCCC1. The Balaban J connectivity index is 2.09. The molecular formula is C17H24N2O2. The van der Waals surface area contributed by atoms with Crippen LogP contribution in [0, 0.1) is 5.92 Å². The Morgan fingerprint density at radius 3 is 2.38 bits per heavy atom. The number of amides is 2. The Labute approximate surface area is 126 Å². The molecule has 0 bridgehead atoms. The quantitative estimate of drug-likeness (QED) is 0.905. The van der Waals surface area contributed by atoms with E-state index >= 15 is 0 Å². The van der Waals surface area contributed by atoms with E-state index < -0.39 is 6.04 Å². The maximum absolute atomic E-state index is 12.6. The number of carbonyl (C=O) groups excluding carboxylic acids is 2. The van der Waals surface area contributed by atoms with E-state index in [1.54, 1.807) is 12.1 Å². The van der Waals surface area contributed by atoms with Crippen LogP contribution in [0.4, 0.5) is 0 Å². The summed E-state index contributed by atoms with van der Waals surface area (Å²) in [6.07, 6.45) is 2.98. The highest BCUT2D eigenvalue weighted by Gasteiger charge is 2.31. The van der Waals surface area contributed by atoms with Crippen LogP contribution < -0.4 is 5.32 Å². The molecule has 21 heavy (non-hydrogen) atoms. The number of likely N-dealkylation sites (tertiary alicyclic amines) is 1. The van der Waals surface area contributed by atoms with Gasteiger partial charge in [-0.15, -0.1) is 0 Å². The zero-order valence-electron chi connectivity index (χ0n) is 12.8. The Bertz CT molecular complexity index is 481. The normalized spacial score (nSPS) is 17.3. The summed E-state index contributed by atoms with van der Waals surface area (Å²) in [4.78, 5) is 26.8. The van der Waals surface area contributed by atoms with Crippen molar-refractivity contribution in [2.45, 2.75) is 39.2 Å². The van der Waals surface area contributed by atoms with Gasteiger partial charge in [0.15, 0.2) is 0 Å². The van der Waals surface area contributed by atoms with Crippen LogP contribution in [0.5, 0.6) is 0 Å². The summed E-state index contributed by atoms with van der Waals surface area (Å²) in [5.41, 5.74) is 0.597. The minimum absolute atomic E-state index is 0.0612. The van der Waals surface area contributed by atoms with Crippen LogP contribution in [-0.2, 0) is 4.79 Å². The first kappa shape index (κ1) is 15.5. The summed E-state index contributed by atoms with van der Waals surface area (Å²) < 4.78 is 0. The van der Waals surface area contributed by atoms with Crippen molar-refractivity contribution in [2.24, 2.45) is 5.92 Å². The molecule has 4 heteroatoms. The second-order valence-electron chi connectivity index (χ2n) is 5.74. The molecule has 4 nitrogen and oxygen atoms in total. The third-order valence-corrected chi connectivity index (χ3v) is 4.22. The molecule has 0 aliphatic carbocycles. The lowest BCUT2D eigenvalue weighted by atomic mass is 9.97. The van der Waals surface area contributed by atoms with E-state index in [2.05, 4.69) is 5.32 Å². The molecule has 1 saturated heterocycles. The molecule has 0 aromatic heterocycles. The molecule has 0 radical (unpaired) electrons. The minimum atomic E-state index is -0.430. The van der Waals surface area contributed by atoms with Crippen LogP contribution >= 0.6 is 0 Å². The second-order valence-corrected chi connectivity index (χ2v) is 5.74. The Morgan fingerprint density at radius 1 is 1.19 bits per heavy atom. The van der Waals surface area contributed by atoms with Gasteiger partial charge in [-0.25, -0.2) is 0 Å². The molecule has 1 aromatic carbocycles. The van der Waals surface area contributed by atoms with E-state index in [9.17, 15) is 9.59 Å². The predicted molar refractivity (Wildman–Crippen MR) is 83.0 cm³/mol. The molecule has 1 aliphatic rings. The van der Waals surface area contributed by atoms with Gasteiger partial charge in [0.25, 0.3) is 5.91 Å². The third kappa shape index (κ3) is 3.84. The maximum atomic E-state index is 12.6. The Hall–Kier alpha value is -1.84. The summed E-state index contributed by atoms with van der Waals surface area (Å²) in [5, 5.41) is 2.93. The van der Waals surface area contributed by atoms with Crippen molar-refractivity contribution in [3.8, 4) is 0 Å². The number of nitrogens with one attached hydrogen (secondary N) is 1. The highest BCUT2D eigenvalue weighted by Crippen LogP contribution is 2.16. The third-order valence-electron chi connectivity index (χ3n) is 4.22. The number of carbonyl (C=O) groups is 2. The largest absolute Gasteiger partial charge is 0.341 e. The highest BCUT2D eigenvalue weighted by atomic mass is 16.2. The minimum Gasteiger partial charge on any atom is -0.341 e. The van der Waals surface area contributed by atoms with Crippen LogP contribution in [0.2, 0.25) is 0 Å². The zero-order chi connectivity index (χ0) is 15.2. The zero-order valence-corrected chi connectivity index (χ0v) is 12.8. The molecule has 1 N–H and O–H groups in total. The van der Waals surface area contributed by atoms with E-state index in [1.165, 1.54) is 0 Å². The van der Waals surface area contributed by atoms with Crippen molar-refractivity contribution < 1.29 is 9.59 Å². The van der Waals surface area contributed by atoms with Crippen LogP contribution in [0.1, 0.15) is 43.5 Å². The van der Waals surface area contributed by atoms with E-state index in [0.717, 1.165) is 32.4 Å². The number of hydrogen-bond acceptors (Lipinski definition) is 2. The lowest BCUT2D eigenvalue weighted by molar-refractivity contribution is -0.133. The van der Waals surface area contributed by atoms with Gasteiger partial charge in [0, 0.05) is 18.7 Å². The highest BCUT2D eigenvalue weighted by molar-refractivity contribution is 5.97. The number of hydrogen-bond donors (Lipinski definition) is 1. The lowest BCUT2D eigenvalue weighted by Gasteiger charge is -2.28. The molecule has 1 aliphatic heterocycles. The molecule has 2 atom stereocenters. The second kappa shape index (κ2) is 7.25. The molecule has 1 aromatic rings. The average Bonchev–Trinajstić information content (AvgIpc) is 3.06. The standard InChI is InChI=1S/C17H24N2O2/c1-3-13(2)15(17(21)19-11-7-8-12-19)18-16(20)14-9-5-4-6-10-14/h4-6,9-10,13,15H,3,7-8,11-12H2,1-2H3,(H,18,20)/t13-,15-/m1/s1. The van der Waals surface area contributed by atoms with Gasteiger partial charge in [-0.2, -0.15) is 0 Å². The monoisotopic (exact) mass is 288 g/mol. The predicted octanol–water partition coefficient (Wildman–Crippen LogP) is 2.45. The van der Waals surface area contributed by atoms with Gasteiger partial charge in [0.2, 0.25) is 5.91 Å². The summed E-state index contributed by atoms with van der Waals surface area (Å²) in [5.74, 6) is 0.0188. The topological polar surface area (TPSA) is 49.4 Å². The van der Waals surface area contributed by atoms with Gasteiger partial charge in [-0.05, 0) is 30.9 Å². The maximum Gasteiger partial charge on any atom is 0.251 e. The van der Waals surface area contributed by atoms with Crippen LogP contribution in [0.25, 0.3) is 0 Å². The van der Waals surface area contributed by atoms with E-state index in [4.69, 9.17) is 0 Å². The van der Waals surface area contributed by atoms with Crippen molar-refractivity contribution in [3.63, 3.8) is 0 Å². The molecule has 2 rings (SSSR count). The van der Waals surface area contributed by atoms with Gasteiger partial charge in [0.05, 0.1) is 0 Å². The Kier molecular flexibility index (Phi) is 5.37. The van der Waals surface area contributed by atoms with Gasteiger partial charge >= 0.3 is 0 Å².